The number of benzene rings is 1. The summed E-state index contributed by atoms with van der Waals surface area (Å²) in [5, 5.41) is 6.43. The van der Waals surface area contributed by atoms with Gasteiger partial charge in [0.2, 0.25) is 5.91 Å². The van der Waals surface area contributed by atoms with Crippen LogP contribution in [0.2, 0.25) is 0 Å². The molecule has 0 spiro atoms. The Labute approximate surface area is 109 Å². The lowest BCUT2D eigenvalue weighted by molar-refractivity contribution is -0.119. The zero-order valence-electron chi connectivity index (χ0n) is 11.5. The summed E-state index contributed by atoms with van der Waals surface area (Å²) in [6.45, 7) is 8.19. The van der Waals surface area contributed by atoms with E-state index >= 15 is 0 Å². The van der Waals surface area contributed by atoms with Gasteiger partial charge in [-0.05, 0) is 43.9 Å². The quantitative estimate of drug-likeness (QED) is 0.853. The highest BCUT2D eigenvalue weighted by molar-refractivity contribution is 5.78. The molecule has 1 fully saturated rings. The SMILES string of the molecule is Cc1cc(C)c(CNCC2CCC(=O)N2)c(C)c1. The number of rotatable bonds is 4. The fourth-order valence-electron chi connectivity index (χ4n) is 2.69. The molecule has 1 saturated heterocycles. The topological polar surface area (TPSA) is 41.1 Å². The molecule has 18 heavy (non-hydrogen) atoms. The molecule has 3 heteroatoms. The molecule has 0 saturated carbocycles. The maximum Gasteiger partial charge on any atom is 0.220 e. The second-order valence-electron chi connectivity index (χ2n) is 5.31. The van der Waals surface area contributed by atoms with Crippen LogP contribution in [0.15, 0.2) is 12.1 Å². The first kappa shape index (κ1) is 13.1. The molecule has 1 heterocycles. The van der Waals surface area contributed by atoms with E-state index in [1.807, 2.05) is 0 Å². The van der Waals surface area contributed by atoms with Gasteiger partial charge in [-0.25, -0.2) is 0 Å². The van der Waals surface area contributed by atoms with Crippen molar-refractivity contribution in [1.29, 1.82) is 0 Å². The number of hydrogen-bond donors (Lipinski definition) is 2. The molecule has 0 aliphatic carbocycles. The summed E-state index contributed by atoms with van der Waals surface area (Å²) in [7, 11) is 0. The minimum Gasteiger partial charge on any atom is -0.352 e. The molecule has 98 valence electrons. The van der Waals surface area contributed by atoms with Crippen LogP contribution in [0.5, 0.6) is 0 Å². The third-order valence-electron chi connectivity index (χ3n) is 3.62. The highest BCUT2D eigenvalue weighted by Crippen LogP contribution is 2.16. The molecule has 0 bridgehead atoms. The summed E-state index contributed by atoms with van der Waals surface area (Å²) in [5.74, 6) is 0.185. The van der Waals surface area contributed by atoms with Crippen molar-refractivity contribution in [2.75, 3.05) is 6.54 Å². The van der Waals surface area contributed by atoms with Gasteiger partial charge in [0.05, 0.1) is 0 Å². The summed E-state index contributed by atoms with van der Waals surface area (Å²) in [4.78, 5) is 11.1. The van der Waals surface area contributed by atoms with Crippen molar-refractivity contribution in [2.45, 2.75) is 46.2 Å². The van der Waals surface area contributed by atoms with Crippen molar-refractivity contribution in [3.05, 3.63) is 34.4 Å². The molecule has 1 amide bonds. The minimum atomic E-state index is 0.185. The van der Waals surface area contributed by atoms with Crippen LogP contribution in [0, 0.1) is 20.8 Å². The van der Waals surface area contributed by atoms with E-state index in [2.05, 4.69) is 43.5 Å². The second kappa shape index (κ2) is 5.53. The van der Waals surface area contributed by atoms with Crippen LogP contribution in [0.1, 0.15) is 35.1 Å². The molecule has 0 radical (unpaired) electrons. The van der Waals surface area contributed by atoms with Gasteiger partial charge >= 0.3 is 0 Å². The number of aryl methyl sites for hydroxylation is 3. The maximum absolute atomic E-state index is 11.1. The smallest absolute Gasteiger partial charge is 0.220 e. The van der Waals surface area contributed by atoms with Crippen LogP contribution in [0.3, 0.4) is 0 Å². The molecule has 1 aliphatic heterocycles. The predicted octanol–water partition coefficient (Wildman–Crippen LogP) is 1.98. The van der Waals surface area contributed by atoms with Gasteiger partial charge in [0.1, 0.15) is 0 Å². The average molecular weight is 246 g/mol. The Balaban J connectivity index is 1.88. The second-order valence-corrected chi connectivity index (χ2v) is 5.31. The van der Waals surface area contributed by atoms with Crippen LogP contribution < -0.4 is 10.6 Å². The van der Waals surface area contributed by atoms with E-state index in [0.717, 1.165) is 19.5 Å². The molecule has 1 aromatic carbocycles. The Kier molecular flexibility index (Phi) is 4.02. The fraction of sp³-hybridized carbons (Fsp3) is 0.533. The predicted molar refractivity (Wildman–Crippen MR) is 73.5 cm³/mol. The summed E-state index contributed by atoms with van der Waals surface area (Å²) in [6, 6.07) is 4.76. The van der Waals surface area contributed by atoms with Crippen LogP contribution >= 0.6 is 0 Å². The van der Waals surface area contributed by atoms with Gasteiger partial charge in [-0.1, -0.05) is 17.7 Å². The molecule has 3 nitrogen and oxygen atoms in total. The van der Waals surface area contributed by atoms with Crippen LogP contribution in [0.25, 0.3) is 0 Å². The van der Waals surface area contributed by atoms with Crippen molar-refractivity contribution in [3.63, 3.8) is 0 Å². The lowest BCUT2D eigenvalue weighted by Gasteiger charge is -2.15. The van der Waals surface area contributed by atoms with E-state index in [9.17, 15) is 4.79 Å². The summed E-state index contributed by atoms with van der Waals surface area (Å²) < 4.78 is 0. The van der Waals surface area contributed by atoms with E-state index in [1.165, 1.54) is 22.3 Å². The van der Waals surface area contributed by atoms with Crippen molar-refractivity contribution >= 4 is 5.91 Å². The zero-order chi connectivity index (χ0) is 13.1. The molecular formula is C15H22N2O. The summed E-state index contributed by atoms with van der Waals surface area (Å²) >= 11 is 0. The standard InChI is InChI=1S/C15H22N2O/c1-10-6-11(2)14(12(3)7-10)9-16-8-13-4-5-15(18)17-13/h6-7,13,16H,4-5,8-9H2,1-3H3,(H,17,18). The number of amides is 1. The lowest BCUT2D eigenvalue weighted by Crippen LogP contribution is -2.35. The molecule has 1 aromatic rings. The monoisotopic (exact) mass is 246 g/mol. The third-order valence-corrected chi connectivity index (χ3v) is 3.62. The van der Waals surface area contributed by atoms with Crippen molar-refractivity contribution in [1.82, 2.24) is 10.6 Å². The molecular weight excluding hydrogens is 224 g/mol. The van der Waals surface area contributed by atoms with Gasteiger partial charge in [0.25, 0.3) is 0 Å². The van der Waals surface area contributed by atoms with Gasteiger partial charge in [0, 0.05) is 25.6 Å². The maximum atomic E-state index is 11.1. The van der Waals surface area contributed by atoms with Crippen LogP contribution in [-0.4, -0.2) is 18.5 Å². The Morgan fingerprint density at radius 1 is 1.28 bits per heavy atom. The van der Waals surface area contributed by atoms with Crippen molar-refractivity contribution in [2.24, 2.45) is 0 Å². The fourth-order valence-corrected chi connectivity index (χ4v) is 2.69. The summed E-state index contributed by atoms with van der Waals surface area (Å²) in [5.41, 5.74) is 5.38. The van der Waals surface area contributed by atoms with Crippen molar-refractivity contribution < 1.29 is 4.79 Å². The molecule has 1 aliphatic rings. The summed E-state index contributed by atoms with van der Waals surface area (Å²) in [6.07, 6.45) is 1.63. The van der Waals surface area contributed by atoms with E-state index in [0.29, 0.717) is 12.5 Å². The van der Waals surface area contributed by atoms with Crippen LogP contribution in [0.4, 0.5) is 0 Å². The van der Waals surface area contributed by atoms with E-state index < -0.39 is 0 Å². The highest BCUT2D eigenvalue weighted by Gasteiger charge is 2.19. The van der Waals surface area contributed by atoms with Gasteiger partial charge in [-0.3, -0.25) is 4.79 Å². The normalized spacial score (nSPS) is 19.1. The molecule has 1 atom stereocenters. The Bertz CT molecular complexity index is 431. The Morgan fingerprint density at radius 2 is 1.94 bits per heavy atom. The minimum absolute atomic E-state index is 0.185. The van der Waals surface area contributed by atoms with Gasteiger partial charge in [-0.2, -0.15) is 0 Å². The van der Waals surface area contributed by atoms with E-state index in [1.54, 1.807) is 0 Å². The average Bonchev–Trinajstić information content (AvgIpc) is 2.68. The molecule has 2 N–H and O–H groups in total. The highest BCUT2D eigenvalue weighted by atomic mass is 16.1. The lowest BCUT2D eigenvalue weighted by atomic mass is 10.00. The number of hydrogen-bond acceptors (Lipinski definition) is 2. The first-order valence-corrected chi connectivity index (χ1v) is 6.63. The zero-order valence-corrected chi connectivity index (χ0v) is 11.5. The number of carbonyl (C=O) groups excluding carboxylic acids is 1. The molecule has 2 rings (SSSR count). The van der Waals surface area contributed by atoms with Crippen LogP contribution in [-0.2, 0) is 11.3 Å². The van der Waals surface area contributed by atoms with Gasteiger partial charge in [-0.15, -0.1) is 0 Å². The first-order valence-electron chi connectivity index (χ1n) is 6.63. The van der Waals surface area contributed by atoms with E-state index in [4.69, 9.17) is 0 Å². The third kappa shape index (κ3) is 3.10. The first-order chi connectivity index (χ1) is 8.56. The van der Waals surface area contributed by atoms with Gasteiger partial charge in [0.15, 0.2) is 0 Å². The Morgan fingerprint density at radius 3 is 2.50 bits per heavy atom. The largest absolute Gasteiger partial charge is 0.352 e. The number of carbonyl (C=O) groups is 1. The van der Waals surface area contributed by atoms with Gasteiger partial charge < -0.3 is 10.6 Å². The molecule has 0 aromatic heterocycles. The Hall–Kier alpha value is -1.35. The van der Waals surface area contributed by atoms with Crippen molar-refractivity contribution in [3.8, 4) is 0 Å². The van der Waals surface area contributed by atoms with E-state index in [-0.39, 0.29) is 5.91 Å². The number of nitrogens with one attached hydrogen (secondary N) is 2. The molecule has 1 unspecified atom stereocenters.